The van der Waals surface area contributed by atoms with Crippen LogP contribution < -0.4 is 15.8 Å². The molecular formula is C20H28N6O2. The molecule has 2 aromatic heterocycles. The second-order valence-corrected chi connectivity index (χ2v) is 6.81. The van der Waals surface area contributed by atoms with Crippen LogP contribution in [0.5, 0.6) is 5.75 Å². The Bertz CT molecular complexity index is 911. The third-order valence-electron chi connectivity index (χ3n) is 4.70. The van der Waals surface area contributed by atoms with Gasteiger partial charge < -0.3 is 20.9 Å². The molecule has 150 valence electrons. The molecule has 0 spiro atoms. The average molecular weight is 384 g/mol. The number of anilines is 2. The minimum atomic E-state index is 0.0947. The van der Waals surface area contributed by atoms with Crippen molar-refractivity contribution in [3.8, 4) is 5.75 Å². The lowest BCUT2D eigenvalue weighted by atomic mass is 10.1. The van der Waals surface area contributed by atoms with Gasteiger partial charge in [-0.3, -0.25) is 4.68 Å². The first-order valence-corrected chi connectivity index (χ1v) is 9.65. The van der Waals surface area contributed by atoms with Crippen LogP contribution in [0.2, 0.25) is 0 Å². The summed E-state index contributed by atoms with van der Waals surface area (Å²) in [6.45, 7) is 2.55. The fourth-order valence-electron chi connectivity index (χ4n) is 3.22. The van der Waals surface area contributed by atoms with Crippen molar-refractivity contribution in [3.05, 3.63) is 36.2 Å². The summed E-state index contributed by atoms with van der Waals surface area (Å²) in [5.41, 5.74) is 7.68. The molecule has 0 fully saturated rings. The van der Waals surface area contributed by atoms with E-state index in [-0.39, 0.29) is 18.6 Å². The number of ether oxygens (including phenoxy) is 1. The Labute approximate surface area is 164 Å². The number of nitrogens with two attached hydrogens (primary N) is 1. The summed E-state index contributed by atoms with van der Waals surface area (Å²) in [5, 5.41) is 18.3. The third kappa shape index (κ3) is 4.69. The van der Waals surface area contributed by atoms with Gasteiger partial charge in [0.15, 0.2) is 11.6 Å². The van der Waals surface area contributed by atoms with E-state index in [0.29, 0.717) is 24.6 Å². The van der Waals surface area contributed by atoms with Crippen molar-refractivity contribution in [3.63, 3.8) is 0 Å². The second kappa shape index (κ2) is 9.36. The number of nitrogens with one attached hydrogen (secondary N) is 1. The molecule has 8 heteroatoms. The first kappa shape index (κ1) is 19.9. The number of unbranched alkanes of at least 4 members (excludes halogenated alkanes) is 1. The number of fused-ring (bicyclic) bond motifs is 1. The number of hydrogen-bond donors (Lipinski definition) is 3. The Kier molecular flexibility index (Phi) is 6.65. The summed E-state index contributed by atoms with van der Waals surface area (Å²) in [4.78, 5) is 8.37. The Balaban J connectivity index is 1.78. The number of aromatic nitrogens is 4. The molecule has 0 unspecified atom stereocenters. The molecule has 1 aromatic carbocycles. The van der Waals surface area contributed by atoms with Gasteiger partial charge in [0, 0.05) is 25.1 Å². The van der Waals surface area contributed by atoms with Crippen molar-refractivity contribution in [2.24, 2.45) is 7.05 Å². The lowest BCUT2D eigenvalue weighted by molar-refractivity contribution is 0.275. The average Bonchev–Trinajstić information content (AvgIpc) is 3.02. The predicted molar refractivity (Wildman–Crippen MR) is 110 cm³/mol. The Morgan fingerprint density at radius 2 is 2.11 bits per heavy atom. The van der Waals surface area contributed by atoms with Gasteiger partial charge in [-0.1, -0.05) is 38.0 Å². The maximum absolute atomic E-state index is 9.35. The van der Waals surface area contributed by atoms with E-state index in [1.165, 1.54) is 0 Å². The first-order valence-electron chi connectivity index (χ1n) is 9.65. The van der Waals surface area contributed by atoms with Crippen LogP contribution in [0.1, 0.15) is 38.3 Å². The molecule has 0 aliphatic carbocycles. The number of aliphatic hydroxyl groups is 1. The second-order valence-electron chi connectivity index (χ2n) is 6.81. The van der Waals surface area contributed by atoms with Crippen molar-refractivity contribution < 1.29 is 9.84 Å². The minimum Gasteiger partial charge on any atom is -0.482 e. The fourth-order valence-corrected chi connectivity index (χ4v) is 3.22. The molecule has 1 atom stereocenters. The van der Waals surface area contributed by atoms with Crippen LogP contribution in [0.3, 0.4) is 0 Å². The van der Waals surface area contributed by atoms with E-state index in [4.69, 9.17) is 10.5 Å². The van der Waals surface area contributed by atoms with Gasteiger partial charge in [-0.2, -0.15) is 10.1 Å². The largest absolute Gasteiger partial charge is 0.482 e. The van der Waals surface area contributed by atoms with Crippen LogP contribution >= 0.6 is 0 Å². The number of benzene rings is 1. The van der Waals surface area contributed by atoms with Gasteiger partial charge in [-0.15, -0.1) is 0 Å². The molecule has 0 amide bonds. The fraction of sp³-hybridized carbons (Fsp3) is 0.450. The standard InChI is InChI=1S/C20H28N6O2/c1-3-4-7-14(10-11-27)23-19-18(12-22-20(21)24-19)28-13-16-15-8-5-6-9-17(15)26(2)25-16/h5-6,8-9,12,14,27H,3-4,7,10-11,13H2,1-2H3,(H3,21,22,23,24)/t14-/m0/s1. The molecule has 0 radical (unpaired) electrons. The van der Waals surface area contributed by atoms with Gasteiger partial charge in [0.1, 0.15) is 12.3 Å². The molecular weight excluding hydrogens is 356 g/mol. The lowest BCUT2D eigenvalue weighted by Gasteiger charge is -2.20. The summed E-state index contributed by atoms with van der Waals surface area (Å²) in [7, 11) is 1.92. The third-order valence-corrected chi connectivity index (χ3v) is 4.70. The Hall–Kier alpha value is -2.87. The maximum atomic E-state index is 9.35. The predicted octanol–water partition coefficient (Wildman–Crippen LogP) is 2.88. The highest BCUT2D eigenvalue weighted by atomic mass is 16.5. The van der Waals surface area contributed by atoms with E-state index < -0.39 is 0 Å². The molecule has 0 saturated carbocycles. The van der Waals surface area contributed by atoms with Crippen LogP contribution in [-0.4, -0.2) is 37.5 Å². The molecule has 0 bridgehead atoms. The number of nitrogen functional groups attached to an aromatic ring is 1. The molecule has 8 nitrogen and oxygen atoms in total. The monoisotopic (exact) mass is 384 g/mol. The molecule has 2 heterocycles. The van der Waals surface area contributed by atoms with E-state index >= 15 is 0 Å². The van der Waals surface area contributed by atoms with Gasteiger partial charge in [0.05, 0.1) is 11.7 Å². The number of aryl methyl sites for hydroxylation is 1. The zero-order chi connectivity index (χ0) is 19.9. The topological polar surface area (TPSA) is 111 Å². The summed E-state index contributed by atoms with van der Waals surface area (Å²) in [6.07, 6.45) is 5.30. The summed E-state index contributed by atoms with van der Waals surface area (Å²) >= 11 is 0. The number of hydrogen-bond acceptors (Lipinski definition) is 7. The van der Waals surface area contributed by atoms with E-state index in [2.05, 4.69) is 27.3 Å². The van der Waals surface area contributed by atoms with Gasteiger partial charge in [0.2, 0.25) is 5.95 Å². The number of aliphatic hydroxyl groups excluding tert-OH is 1. The molecule has 3 aromatic rings. The lowest BCUT2D eigenvalue weighted by Crippen LogP contribution is -2.22. The van der Waals surface area contributed by atoms with Gasteiger partial charge in [0.25, 0.3) is 0 Å². The SMILES string of the molecule is CCCC[C@@H](CCO)Nc1nc(N)ncc1OCc1nn(C)c2ccccc12. The first-order chi connectivity index (χ1) is 13.6. The molecule has 3 rings (SSSR count). The van der Waals surface area contributed by atoms with Crippen molar-refractivity contribution >= 4 is 22.7 Å². The van der Waals surface area contributed by atoms with Crippen molar-refractivity contribution in [2.75, 3.05) is 17.7 Å². The van der Waals surface area contributed by atoms with E-state index in [1.807, 2.05) is 36.0 Å². The van der Waals surface area contributed by atoms with Crippen LogP contribution in [0.4, 0.5) is 11.8 Å². The zero-order valence-corrected chi connectivity index (χ0v) is 16.4. The Morgan fingerprint density at radius 1 is 1.29 bits per heavy atom. The summed E-state index contributed by atoms with van der Waals surface area (Å²) in [6, 6.07) is 8.12. The molecule has 0 saturated heterocycles. The Morgan fingerprint density at radius 3 is 2.89 bits per heavy atom. The number of para-hydroxylation sites is 1. The summed E-state index contributed by atoms with van der Waals surface area (Å²) in [5.74, 6) is 1.24. The van der Waals surface area contributed by atoms with E-state index in [1.54, 1.807) is 6.20 Å². The van der Waals surface area contributed by atoms with Gasteiger partial charge in [-0.05, 0) is 18.9 Å². The zero-order valence-electron chi connectivity index (χ0n) is 16.4. The summed E-state index contributed by atoms with van der Waals surface area (Å²) < 4.78 is 7.84. The van der Waals surface area contributed by atoms with Crippen molar-refractivity contribution in [1.82, 2.24) is 19.7 Å². The smallest absolute Gasteiger partial charge is 0.222 e. The highest BCUT2D eigenvalue weighted by molar-refractivity contribution is 5.81. The highest BCUT2D eigenvalue weighted by Crippen LogP contribution is 2.26. The van der Waals surface area contributed by atoms with E-state index in [9.17, 15) is 5.11 Å². The van der Waals surface area contributed by atoms with Crippen LogP contribution in [0.15, 0.2) is 30.5 Å². The highest BCUT2D eigenvalue weighted by Gasteiger charge is 2.15. The van der Waals surface area contributed by atoms with Gasteiger partial charge in [-0.25, -0.2) is 4.98 Å². The number of nitrogens with zero attached hydrogens (tertiary/aromatic N) is 4. The maximum Gasteiger partial charge on any atom is 0.222 e. The van der Waals surface area contributed by atoms with Gasteiger partial charge >= 0.3 is 0 Å². The normalized spacial score (nSPS) is 12.2. The molecule has 0 aliphatic rings. The molecule has 28 heavy (non-hydrogen) atoms. The van der Waals surface area contributed by atoms with Crippen LogP contribution in [-0.2, 0) is 13.7 Å². The molecule has 0 aliphatic heterocycles. The van der Waals surface area contributed by atoms with Crippen molar-refractivity contribution in [2.45, 2.75) is 45.3 Å². The minimum absolute atomic E-state index is 0.0947. The van der Waals surface area contributed by atoms with E-state index in [0.717, 1.165) is 35.9 Å². The molecule has 4 N–H and O–H groups in total. The van der Waals surface area contributed by atoms with Crippen LogP contribution in [0.25, 0.3) is 10.9 Å². The van der Waals surface area contributed by atoms with Crippen molar-refractivity contribution in [1.29, 1.82) is 0 Å². The van der Waals surface area contributed by atoms with Crippen LogP contribution in [0, 0.1) is 0 Å². The quantitative estimate of drug-likeness (QED) is 0.493. The number of rotatable bonds is 10.